The number of aryl methyl sites for hydroxylation is 2. The summed E-state index contributed by atoms with van der Waals surface area (Å²) in [7, 11) is 3.20. The van der Waals surface area contributed by atoms with Crippen molar-refractivity contribution in [2.45, 2.75) is 26.8 Å². The lowest BCUT2D eigenvalue weighted by atomic mass is 10.1. The van der Waals surface area contributed by atoms with Crippen LogP contribution in [0.25, 0.3) is 0 Å². The first-order valence-corrected chi connectivity index (χ1v) is 8.16. The SMILES string of the molecule is COc1ccc(OC)c(C(C)NC(=O)COc2ccc(C)c(C)c2)c1. The maximum Gasteiger partial charge on any atom is 0.258 e. The van der Waals surface area contributed by atoms with Crippen LogP contribution in [0.5, 0.6) is 17.2 Å². The predicted molar refractivity (Wildman–Crippen MR) is 97.5 cm³/mol. The molecule has 134 valence electrons. The molecule has 5 nitrogen and oxygen atoms in total. The number of ether oxygens (including phenoxy) is 3. The largest absolute Gasteiger partial charge is 0.497 e. The Morgan fingerprint density at radius 3 is 2.36 bits per heavy atom. The second-order valence-electron chi connectivity index (χ2n) is 5.93. The number of rotatable bonds is 7. The van der Waals surface area contributed by atoms with Gasteiger partial charge in [-0.1, -0.05) is 6.07 Å². The van der Waals surface area contributed by atoms with Crippen molar-refractivity contribution in [2.75, 3.05) is 20.8 Å². The molecule has 0 aliphatic heterocycles. The van der Waals surface area contributed by atoms with Gasteiger partial charge in [0, 0.05) is 5.56 Å². The highest BCUT2D eigenvalue weighted by Crippen LogP contribution is 2.29. The molecule has 2 rings (SSSR count). The Morgan fingerprint density at radius 2 is 1.72 bits per heavy atom. The van der Waals surface area contributed by atoms with E-state index in [2.05, 4.69) is 5.32 Å². The van der Waals surface area contributed by atoms with Crippen molar-refractivity contribution < 1.29 is 19.0 Å². The minimum atomic E-state index is -0.235. The molecule has 0 radical (unpaired) electrons. The molecule has 2 aromatic carbocycles. The summed E-state index contributed by atoms with van der Waals surface area (Å²) in [6.07, 6.45) is 0. The summed E-state index contributed by atoms with van der Waals surface area (Å²) in [4.78, 5) is 12.2. The third-order valence-electron chi connectivity index (χ3n) is 4.13. The molecule has 0 aromatic heterocycles. The van der Waals surface area contributed by atoms with Gasteiger partial charge in [-0.25, -0.2) is 0 Å². The first-order chi connectivity index (χ1) is 11.9. The Labute approximate surface area is 148 Å². The minimum absolute atomic E-state index is 0.0425. The van der Waals surface area contributed by atoms with Crippen LogP contribution in [0.2, 0.25) is 0 Å². The topological polar surface area (TPSA) is 56.8 Å². The van der Waals surface area contributed by atoms with E-state index < -0.39 is 0 Å². The second-order valence-corrected chi connectivity index (χ2v) is 5.93. The zero-order valence-electron chi connectivity index (χ0n) is 15.4. The van der Waals surface area contributed by atoms with Crippen LogP contribution in [0.4, 0.5) is 0 Å². The monoisotopic (exact) mass is 343 g/mol. The van der Waals surface area contributed by atoms with Gasteiger partial charge in [0.15, 0.2) is 6.61 Å². The molecule has 0 fully saturated rings. The average molecular weight is 343 g/mol. The number of benzene rings is 2. The van der Waals surface area contributed by atoms with Crippen LogP contribution in [0.1, 0.15) is 29.7 Å². The Kier molecular flexibility index (Phi) is 6.28. The van der Waals surface area contributed by atoms with Crippen molar-refractivity contribution in [1.29, 1.82) is 0 Å². The molecular formula is C20H25NO4. The Bertz CT molecular complexity index is 742. The number of amides is 1. The molecule has 1 N–H and O–H groups in total. The minimum Gasteiger partial charge on any atom is -0.497 e. The van der Waals surface area contributed by atoms with E-state index in [9.17, 15) is 4.79 Å². The third-order valence-corrected chi connectivity index (χ3v) is 4.13. The number of carbonyl (C=O) groups excluding carboxylic acids is 1. The lowest BCUT2D eigenvalue weighted by Crippen LogP contribution is -2.31. The number of hydrogen-bond donors (Lipinski definition) is 1. The van der Waals surface area contributed by atoms with E-state index in [-0.39, 0.29) is 18.6 Å². The first kappa shape index (κ1) is 18.6. The van der Waals surface area contributed by atoms with Gasteiger partial charge in [-0.2, -0.15) is 0 Å². The van der Waals surface area contributed by atoms with Crippen molar-refractivity contribution in [3.63, 3.8) is 0 Å². The molecule has 0 bridgehead atoms. The fourth-order valence-corrected chi connectivity index (χ4v) is 2.49. The highest BCUT2D eigenvalue weighted by atomic mass is 16.5. The Morgan fingerprint density at radius 1 is 1.00 bits per heavy atom. The van der Waals surface area contributed by atoms with Crippen LogP contribution in [-0.2, 0) is 4.79 Å². The summed E-state index contributed by atoms with van der Waals surface area (Å²) in [6.45, 7) is 5.90. The lowest BCUT2D eigenvalue weighted by molar-refractivity contribution is -0.123. The zero-order valence-corrected chi connectivity index (χ0v) is 15.4. The van der Waals surface area contributed by atoms with Gasteiger partial charge >= 0.3 is 0 Å². The van der Waals surface area contributed by atoms with E-state index in [1.54, 1.807) is 14.2 Å². The standard InChI is InChI=1S/C20H25NO4/c1-13-6-7-17(10-14(13)2)25-12-20(22)21-15(3)18-11-16(23-4)8-9-19(18)24-5/h6-11,15H,12H2,1-5H3,(H,21,22). The van der Waals surface area contributed by atoms with Gasteiger partial charge in [-0.3, -0.25) is 4.79 Å². The van der Waals surface area contributed by atoms with Gasteiger partial charge in [0.05, 0.1) is 20.3 Å². The summed E-state index contributed by atoms with van der Waals surface area (Å²) in [6, 6.07) is 11.0. The van der Waals surface area contributed by atoms with Crippen LogP contribution in [-0.4, -0.2) is 26.7 Å². The number of hydrogen-bond acceptors (Lipinski definition) is 4. The molecule has 0 saturated carbocycles. The fraction of sp³-hybridized carbons (Fsp3) is 0.350. The first-order valence-electron chi connectivity index (χ1n) is 8.16. The molecule has 1 amide bonds. The van der Waals surface area contributed by atoms with Crippen LogP contribution in [0.3, 0.4) is 0 Å². The van der Waals surface area contributed by atoms with Crippen molar-refractivity contribution in [3.05, 3.63) is 53.1 Å². The molecular weight excluding hydrogens is 318 g/mol. The number of carbonyl (C=O) groups is 1. The average Bonchev–Trinajstić information content (AvgIpc) is 2.62. The van der Waals surface area contributed by atoms with E-state index in [0.717, 1.165) is 11.1 Å². The van der Waals surface area contributed by atoms with E-state index in [4.69, 9.17) is 14.2 Å². The summed E-state index contributed by atoms with van der Waals surface area (Å²) >= 11 is 0. The Balaban J connectivity index is 1.99. The van der Waals surface area contributed by atoms with E-state index in [1.165, 1.54) is 5.56 Å². The van der Waals surface area contributed by atoms with Gasteiger partial charge in [-0.15, -0.1) is 0 Å². The van der Waals surface area contributed by atoms with Crippen LogP contribution in [0.15, 0.2) is 36.4 Å². The second kappa shape index (κ2) is 8.42. The normalized spacial score (nSPS) is 11.6. The fourth-order valence-electron chi connectivity index (χ4n) is 2.49. The van der Waals surface area contributed by atoms with E-state index in [1.807, 2.05) is 57.2 Å². The molecule has 0 saturated heterocycles. The summed E-state index contributed by atoms with van der Waals surface area (Å²) in [5, 5.41) is 2.92. The molecule has 0 heterocycles. The van der Waals surface area contributed by atoms with Crippen molar-refractivity contribution in [3.8, 4) is 17.2 Å². The van der Waals surface area contributed by atoms with Gasteiger partial charge in [-0.05, 0) is 62.2 Å². The quantitative estimate of drug-likeness (QED) is 0.835. The van der Waals surface area contributed by atoms with Gasteiger partial charge in [0.2, 0.25) is 0 Å². The molecule has 1 unspecified atom stereocenters. The highest BCUT2D eigenvalue weighted by molar-refractivity contribution is 5.78. The van der Waals surface area contributed by atoms with Gasteiger partial charge in [0.25, 0.3) is 5.91 Å². The molecule has 25 heavy (non-hydrogen) atoms. The van der Waals surface area contributed by atoms with Gasteiger partial charge in [0.1, 0.15) is 17.2 Å². The molecule has 0 aliphatic rings. The maximum absolute atomic E-state index is 12.2. The van der Waals surface area contributed by atoms with Crippen molar-refractivity contribution >= 4 is 5.91 Å². The maximum atomic E-state index is 12.2. The van der Waals surface area contributed by atoms with E-state index in [0.29, 0.717) is 17.2 Å². The lowest BCUT2D eigenvalue weighted by Gasteiger charge is -2.18. The van der Waals surface area contributed by atoms with E-state index >= 15 is 0 Å². The molecule has 1 atom stereocenters. The number of nitrogens with one attached hydrogen (secondary N) is 1. The van der Waals surface area contributed by atoms with Crippen LogP contribution in [0, 0.1) is 13.8 Å². The molecule has 5 heteroatoms. The zero-order chi connectivity index (χ0) is 18.4. The van der Waals surface area contributed by atoms with Gasteiger partial charge < -0.3 is 19.5 Å². The third kappa shape index (κ3) is 4.89. The highest BCUT2D eigenvalue weighted by Gasteiger charge is 2.15. The van der Waals surface area contributed by atoms with Crippen LogP contribution >= 0.6 is 0 Å². The molecule has 0 spiro atoms. The summed E-state index contributed by atoms with van der Waals surface area (Å²) in [5.41, 5.74) is 3.17. The van der Waals surface area contributed by atoms with Crippen molar-refractivity contribution in [1.82, 2.24) is 5.32 Å². The molecule has 2 aromatic rings. The smallest absolute Gasteiger partial charge is 0.258 e. The Hall–Kier alpha value is -2.69. The summed E-state index contributed by atoms with van der Waals surface area (Å²) in [5.74, 6) is 1.90. The summed E-state index contributed by atoms with van der Waals surface area (Å²) < 4.78 is 16.2. The molecule has 0 aliphatic carbocycles. The predicted octanol–water partition coefficient (Wildman–Crippen LogP) is 3.58. The number of methoxy groups -OCH3 is 2. The van der Waals surface area contributed by atoms with Crippen molar-refractivity contribution in [2.24, 2.45) is 0 Å². The van der Waals surface area contributed by atoms with Crippen LogP contribution < -0.4 is 19.5 Å².